The number of benzene rings is 1. The number of nitrogens with one attached hydrogen (secondary N) is 1. The number of aromatic nitrogens is 3. The lowest BCUT2D eigenvalue weighted by molar-refractivity contribution is 0.840. The minimum Gasteiger partial charge on any atom is -0.384 e. The average molecular weight is 409 g/mol. The summed E-state index contributed by atoms with van der Waals surface area (Å²) < 4.78 is 2.32. The van der Waals surface area contributed by atoms with Crippen LogP contribution in [0.15, 0.2) is 45.8 Å². The molecule has 6 nitrogen and oxygen atoms in total. The van der Waals surface area contributed by atoms with Gasteiger partial charge >= 0.3 is 0 Å². The molecule has 0 radical (unpaired) electrons. The average Bonchev–Trinajstić information content (AvgIpc) is 2.52. The normalized spacial score (nSPS) is 10.4. The fourth-order valence-electron chi connectivity index (χ4n) is 2.36. The summed E-state index contributed by atoms with van der Waals surface area (Å²) >= 11 is 3.37. The van der Waals surface area contributed by atoms with Crippen molar-refractivity contribution in [3.8, 4) is 0 Å². The van der Waals surface area contributed by atoms with Crippen molar-refractivity contribution in [1.82, 2.24) is 14.5 Å². The highest BCUT2D eigenvalue weighted by Gasteiger charge is 2.11. The van der Waals surface area contributed by atoms with Gasteiger partial charge in [0.05, 0.1) is 0 Å². The molecule has 0 atom stereocenters. The molecule has 0 bridgehead atoms. The van der Waals surface area contributed by atoms with Crippen LogP contribution in [0, 0.1) is 5.41 Å². The number of aryl methyl sites for hydroxylation is 1. The molecule has 2 heterocycles. The summed E-state index contributed by atoms with van der Waals surface area (Å²) in [5, 5.41) is 7.40. The van der Waals surface area contributed by atoms with Gasteiger partial charge in [0.25, 0.3) is 5.56 Å². The van der Waals surface area contributed by atoms with Crippen molar-refractivity contribution < 1.29 is 0 Å². The molecular formula is C16H15BrClN5O. The van der Waals surface area contributed by atoms with E-state index in [1.54, 1.807) is 25.4 Å². The van der Waals surface area contributed by atoms with Gasteiger partial charge in [0, 0.05) is 29.7 Å². The Balaban J connectivity index is 0.00000208. The molecule has 0 saturated heterocycles. The van der Waals surface area contributed by atoms with E-state index in [2.05, 4.69) is 25.9 Å². The van der Waals surface area contributed by atoms with Gasteiger partial charge in [0.2, 0.25) is 0 Å². The molecule has 0 aliphatic carbocycles. The summed E-state index contributed by atoms with van der Waals surface area (Å²) in [5.41, 5.74) is 8.53. The molecule has 2 aromatic heterocycles. The summed E-state index contributed by atoms with van der Waals surface area (Å²) in [6.07, 6.45) is 2.05. The Morgan fingerprint density at radius 2 is 2.00 bits per heavy atom. The molecule has 0 aliphatic rings. The smallest absolute Gasteiger partial charge is 0.273 e. The Morgan fingerprint density at radius 1 is 1.33 bits per heavy atom. The van der Waals surface area contributed by atoms with Crippen LogP contribution in [0.1, 0.15) is 16.8 Å². The van der Waals surface area contributed by atoms with Gasteiger partial charge < -0.3 is 5.73 Å². The minimum atomic E-state index is -0.164. The van der Waals surface area contributed by atoms with Crippen molar-refractivity contribution in [2.24, 2.45) is 12.8 Å². The van der Waals surface area contributed by atoms with Crippen LogP contribution >= 0.6 is 28.3 Å². The number of halogens is 2. The molecule has 8 heteroatoms. The second kappa shape index (κ2) is 7.11. The molecule has 0 saturated carbocycles. The van der Waals surface area contributed by atoms with E-state index >= 15 is 0 Å². The van der Waals surface area contributed by atoms with Gasteiger partial charge in [-0.1, -0.05) is 24.3 Å². The van der Waals surface area contributed by atoms with E-state index < -0.39 is 0 Å². The van der Waals surface area contributed by atoms with E-state index in [9.17, 15) is 4.79 Å². The van der Waals surface area contributed by atoms with E-state index in [4.69, 9.17) is 11.1 Å². The molecule has 24 heavy (non-hydrogen) atoms. The van der Waals surface area contributed by atoms with Crippen LogP contribution in [-0.2, 0) is 13.5 Å². The van der Waals surface area contributed by atoms with Gasteiger partial charge in [0.1, 0.15) is 17.0 Å². The highest BCUT2D eigenvalue weighted by Crippen LogP contribution is 2.15. The van der Waals surface area contributed by atoms with Crippen LogP contribution in [0.3, 0.4) is 0 Å². The van der Waals surface area contributed by atoms with Gasteiger partial charge in [-0.05, 0) is 27.6 Å². The molecule has 0 unspecified atom stereocenters. The van der Waals surface area contributed by atoms with Crippen LogP contribution < -0.4 is 11.3 Å². The maximum atomic E-state index is 12.4. The van der Waals surface area contributed by atoms with Crippen molar-refractivity contribution in [2.75, 3.05) is 0 Å². The van der Waals surface area contributed by atoms with Crippen LogP contribution in [0.2, 0.25) is 0 Å². The van der Waals surface area contributed by atoms with E-state index in [1.165, 1.54) is 4.57 Å². The van der Waals surface area contributed by atoms with Gasteiger partial charge in [-0.2, -0.15) is 0 Å². The largest absolute Gasteiger partial charge is 0.384 e. The first-order valence-electron chi connectivity index (χ1n) is 6.90. The number of nitrogens with two attached hydrogens (primary N) is 1. The number of hydrogen-bond donors (Lipinski definition) is 2. The Labute approximate surface area is 152 Å². The number of pyridine rings is 1. The van der Waals surface area contributed by atoms with Crippen molar-refractivity contribution >= 4 is 45.3 Å². The van der Waals surface area contributed by atoms with Crippen LogP contribution in [0.25, 0.3) is 11.2 Å². The van der Waals surface area contributed by atoms with Gasteiger partial charge in [0.15, 0.2) is 5.65 Å². The van der Waals surface area contributed by atoms with Crippen molar-refractivity contribution in [1.29, 1.82) is 5.41 Å². The highest BCUT2D eigenvalue weighted by molar-refractivity contribution is 9.10. The van der Waals surface area contributed by atoms with Crippen LogP contribution in [0.5, 0.6) is 0 Å². The molecule has 3 N–H and O–H groups in total. The van der Waals surface area contributed by atoms with Crippen molar-refractivity contribution in [3.05, 3.63) is 68.2 Å². The van der Waals surface area contributed by atoms with E-state index in [1.807, 2.05) is 18.2 Å². The topological polar surface area (TPSA) is 97.7 Å². The first kappa shape index (κ1) is 18.1. The monoisotopic (exact) mass is 407 g/mol. The second-order valence-corrected chi connectivity index (χ2v) is 6.12. The number of rotatable bonds is 3. The quantitative estimate of drug-likeness (QED) is 0.513. The minimum absolute atomic E-state index is 0. The fourth-order valence-corrected chi connectivity index (χ4v) is 2.67. The molecule has 3 aromatic rings. The Morgan fingerprint density at radius 3 is 2.62 bits per heavy atom. The third-order valence-corrected chi connectivity index (χ3v) is 4.01. The maximum Gasteiger partial charge on any atom is 0.273 e. The Bertz CT molecular complexity index is 969. The third kappa shape index (κ3) is 3.47. The summed E-state index contributed by atoms with van der Waals surface area (Å²) in [5.74, 6) is 0.0206. The molecule has 1 aromatic carbocycles. The predicted molar refractivity (Wildman–Crippen MR) is 100.0 cm³/mol. The van der Waals surface area contributed by atoms with E-state index in [0.29, 0.717) is 28.8 Å². The lowest BCUT2D eigenvalue weighted by Crippen LogP contribution is -2.24. The zero-order chi connectivity index (χ0) is 16.6. The number of nitrogen functional groups attached to an aromatic ring is 1. The Hall–Kier alpha value is -2.25. The lowest BCUT2D eigenvalue weighted by atomic mass is 10.1. The summed E-state index contributed by atoms with van der Waals surface area (Å²) in [4.78, 5) is 21.1. The van der Waals surface area contributed by atoms with Gasteiger partial charge in [-0.3, -0.25) is 14.8 Å². The first-order valence-corrected chi connectivity index (χ1v) is 7.69. The molecular weight excluding hydrogens is 394 g/mol. The zero-order valence-corrected chi connectivity index (χ0v) is 15.2. The molecule has 0 aliphatic heterocycles. The second-order valence-electron chi connectivity index (χ2n) is 5.21. The van der Waals surface area contributed by atoms with Crippen LogP contribution in [-0.4, -0.2) is 20.4 Å². The summed E-state index contributed by atoms with van der Waals surface area (Å²) in [7, 11) is 1.69. The number of amidine groups is 1. The molecule has 0 spiro atoms. The Kier molecular flexibility index (Phi) is 5.36. The number of nitrogens with zero attached hydrogens (tertiary/aromatic N) is 3. The first-order chi connectivity index (χ1) is 11.0. The van der Waals surface area contributed by atoms with Crippen LogP contribution in [0.4, 0.5) is 0 Å². The standard InChI is InChI=1S/C16H14BrN5O.ClH/c1-22-15-12(7-11(17)8-20-15)21-13(16(22)23)6-9-2-4-10(5-3-9)14(18)19;/h2-5,7-8H,6H2,1H3,(H3,18,19);1H. The third-order valence-electron chi connectivity index (χ3n) is 3.58. The number of hydrogen-bond acceptors (Lipinski definition) is 4. The maximum absolute atomic E-state index is 12.4. The number of fused-ring (bicyclic) bond motifs is 1. The summed E-state index contributed by atoms with van der Waals surface area (Å²) in [6, 6.07) is 9.06. The highest BCUT2D eigenvalue weighted by atomic mass is 79.9. The van der Waals surface area contributed by atoms with E-state index in [-0.39, 0.29) is 23.8 Å². The molecule has 3 rings (SSSR count). The van der Waals surface area contributed by atoms with Crippen molar-refractivity contribution in [3.63, 3.8) is 0 Å². The van der Waals surface area contributed by atoms with Crippen molar-refractivity contribution in [2.45, 2.75) is 6.42 Å². The zero-order valence-electron chi connectivity index (χ0n) is 12.8. The fraction of sp³-hybridized carbons (Fsp3) is 0.125. The van der Waals surface area contributed by atoms with E-state index in [0.717, 1.165) is 10.0 Å². The summed E-state index contributed by atoms with van der Waals surface area (Å²) in [6.45, 7) is 0. The molecule has 0 fully saturated rings. The molecule has 124 valence electrons. The SMILES string of the molecule is Cl.Cn1c(=O)c(Cc2ccc(C(=N)N)cc2)nc2cc(Br)cnc21. The van der Waals surface area contributed by atoms with Gasteiger partial charge in [-0.25, -0.2) is 9.97 Å². The van der Waals surface area contributed by atoms with Gasteiger partial charge in [-0.15, -0.1) is 12.4 Å². The lowest BCUT2D eigenvalue weighted by Gasteiger charge is -2.08. The molecule has 0 amide bonds. The predicted octanol–water partition coefficient (Wildman–Crippen LogP) is 2.39.